The van der Waals surface area contributed by atoms with Crippen LogP contribution in [-0.4, -0.2) is 22.2 Å². The van der Waals surface area contributed by atoms with Crippen LogP contribution in [0, 0.1) is 10.1 Å². The lowest BCUT2D eigenvalue weighted by molar-refractivity contribution is -0.389. The van der Waals surface area contributed by atoms with Gasteiger partial charge in [-0.1, -0.05) is 5.10 Å². The molecule has 13 heavy (non-hydrogen) atoms. The number of hydrogen-bond acceptors (Lipinski definition) is 4. The zero-order chi connectivity index (χ0) is 9.47. The van der Waals surface area contributed by atoms with E-state index >= 15 is 0 Å². The van der Waals surface area contributed by atoms with Crippen LogP contribution in [0.1, 0.15) is 18.5 Å². The Morgan fingerprint density at radius 1 is 1.77 bits per heavy atom. The van der Waals surface area contributed by atoms with E-state index in [-0.39, 0.29) is 11.4 Å². The summed E-state index contributed by atoms with van der Waals surface area (Å²) in [4.78, 5) is 9.89. The molecule has 0 aromatic carbocycles. The van der Waals surface area contributed by atoms with Gasteiger partial charge < -0.3 is 15.4 Å². The summed E-state index contributed by atoms with van der Waals surface area (Å²) in [5, 5.41) is 19.8. The Morgan fingerprint density at radius 2 is 2.46 bits per heavy atom. The molecule has 1 fully saturated rings. The number of aromatic amines is 1. The average Bonchev–Trinajstić information content (AvgIpc) is 2.75. The van der Waals surface area contributed by atoms with E-state index in [2.05, 4.69) is 15.5 Å². The van der Waals surface area contributed by atoms with Gasteiger partial charge >= 0.3 is 5.82 Å². The van der Waals surface area contributed by atoms with E-state index < -0.39 is 4.92 Å². The molecule has 6 heteroatoms. The monoisotopic (exact) mass is 182 g/mol. The lowest BCUT2D eigenvalue weighted by atomic mass is 10.2. The Balaban J connectivity index is 2.28. The van der Waals surface area contributed by atoms with Crippen LogP contribution in [0.15, 0.2) is 6.07 Å². The molecule has 0 spiro atoms. The van der Waals surface area contributed by atoms with Crippen LogP contribution >= 0.6 is 0 Å². The van der Waals surface area contributed by atoms with Crippen molar-refractivity contribution < 1.29 is 4.92 Å². The molecule has 0 saturated heterocycles. The van der Waals surface area contributed by atoms with Crippen molar-refractivity contribution >= 4 is 5.82 Å². The second-order valence-electron chi connectivity index (χ2n) is 3.23. The fourth-order valence-corrected chi connectivity index (χ4v) is 1.41. The average molecular weight is 182 g/mol. The van der Waals surface area contributed by atoms with E-state index in [1.807, 2.05) is 7.05 Å². The summed E-state index contributed by atoms with van der Waals surface area (Å²) in [6.07, 6.45) is 1.98. The molecular formula is C7H10N4O2. The summed E-state index contributed by atoms with van der Waals surface area (Å²) in [6, 6.07) is 1.49. The fourth-order valence-electron chi connectivity index (χ4n) is 1.41. The van der Waals surface area contributed by atoms with Crippen LogP contribution in [-0.2, 0) is 5.54 Å². The third kappa shape index (κ3) is 1.19. The first-order valence-corrected chi connectivity index (χ1v) is 4.07. The molecule has 1 heterocycles. The maximum absolute atomic E-state index is 10.4. The lowest BCUT2D eigenvalue weighted by Crippen LogP contribution is -2.24. The van der Waals surface area contributed by atoms with E-state index in [1.54, 1.807) is 0 Å². The largest absolute Gasteiger partial charge is 0.358 e. The first-order valence-electron chi connectivity index (χ1n) is 4.07. The van der Waals surface area contributed by atoms with Crippen LogP contribution in [0.4, 0.5) is 5.82 Å². The minimum absolute atomic E-state index is 0.0449. The fraction of sp³-hybridized carbons (Fsp3) is 0.571. The second kappa shape index (κ2) is 2.53. The first-order chi connectivity index (χ1) is 6.18. The molecule has 1 aliphatic rings. The zero-order valence-electron chi connectivity index (χ0n) is 7.20. The highest BCUT2D eigenvalue weighted by Crippen LogP contribution is 2.44. The Hall–Kier alpha value is -1.43. The summed E-state index contributed by atoms with van der Waals surface area (Å²) in [5.41, 5.74) is 0.631. The van der Waals surface area contributed by atoms with E-state index in [1.165, 1.54) is 6.07 Å². The van der Waals surface area contributed by atoms with Crippen LogP contribution in [0.3, 0.4) is 0 Å². The van der Waals surface area contributed by atoms with Gasteiger partial charge in [-0.05, 0) is 24.8 Å². The van der Waals surface area contributed by atoms with Gasteiger partial charge in [0, 0.05) is 0 Å². The van der Waals surface area contributed by atoms with Gasteiger partial charge in [-0.3, -0.25) is 0 Å². The Morgan fingerprint density at radius 3 is 2.85 bits per heavy atom. The Kier molecular flexibility index (Phi) is 1.59. The molecule has 1 aliphatic carbocycles. The smallest absolute Gasteiger partial charge is 0.342 e. The van der Waals surface area contributed by atoms with Crippen molar-refractivity contribution in [2.45, 2.75) is 18.4 Å². The van der Waals surface area contributed by atoms with Crippen molar-refractivity contribution in [1.29, 1.82) is 0 Å². The molecule has 0 radical (unpaired) electrons. The lowest BCUT2D eigenvalue weighted by Gasteiger charge is -2.07. The van der Waals surface area contributed by atoms with Crippen molar-refractivity contribution in [2.24, 2.45) is 0 Å². The van der Waals surface area contributed by atoms with Gasteiger partial charge in [0.2, 0.25) is 0 Å². The highest BCUT2D eigenvalue weighted by Gasteiger charge is 2.46. The number of hydrogen-bond donors (Lipinski definition) is 2. The first kappa shape index (κ1) is 8.18. The van der Waals surface area contributed by atoms with Gasteiger partial charge in [0.25, 0.3) is 0 Å². The molecule has 6 nitrogen and oxygen atoms in total. The van der Waals surface area contributed by atoms with Crippen LogP contribution in [0.5, 0.6) is 0 Å². The third-order valence-electron chi connectivity index (χ3n) is 2.48. The van der Waals surface area contributed by atoms with Gasteiger partial charge in [-0.15, -0.1) is 5.10 Å². The Bertz CT molecular complexity index is 342. The molecule has 2 N–H and O–H groups in total. The minimum atomic E-state index is -0.470. The van der Waals surface area contributed by atoms with E-state index in [0.717, 1.165) is 18.5 Å². The van der Waals surface area contributed by atoms with Crippen LogP contribution < -0.4 is 5.32 Å². The van der Waals surface area contributed by atoms with Crippen molar-refractivity contribution in [3.8, 4) is 0 Å². The normalized spacial score (nSPS) is 18.5. The number of aromatic nitrogens is 2. The molecule has 0 bridgehead atoms. The van der Waals surface area contributed by atoms with Crippen LogP contribution in [0.25, 0.3) is 0 Å². The molecule has 0 amide bonds. The summed E-state index contributed by atoms with van der Waals surface area (Å²) < 4.78 is 0. The predicted octanol–water partition coefficient (Wildman–Crippen LogP) is 0.526. The van der Waals surface area contributed by atoms with Gasteiger partial charge in [0.1, 0.15) is 5.69 Å². The van der Waals surface area contributed by atoms with Gasteiger partial charge in [-0.2, -0.15) is 0 Å². The molecule has 1 saturated carbocycles. The van der Waals surface area contributed by atoms with Crippen molar-refractivity contribution in [3.05, 3.63) is 21.9 Å². The maximum atomic E-state index is 10.4. The highest BCUT2D eigenvalue weighted by atomic mass is 16.6. The quantitative estimate of drug-likeness (QED) is 0.527. The Labute approximate surface area is 74.5 Å². The molecule has 0 atom stereocenters. The van der Waals surface area contributed by atoms with Gasteiger partial charge in [0.15, 0.2) is 0 Å². The predicted molar refractivity (Wildman–Crippen MR) is 45.2 cm³/mol. The number of nitrogens with zero attached hydrogens (tertiary/aromatic N) is 2. The molecule has 2 rings (SSSR count). The molecule has 70 valence electrons. The number of nitro groups is 1. The molecular weight excluding hydrogens is 172 g/mol. The molecule has 1 aromatic rings. The van der Waals surface area contributed by atoms with E-state index in [9.17, 15) is 10.1 Å². The number of H-pyrrole nitrogens is 1. The zero-order valence-corrected chi connectivity index (χ0v) is 7.20. The summed E-state index contributed by atoms with van der Waals surface area (Å²) in [7, 11) is 1.84. The molecule has 0 unspecified atom stereocenters. The standard InChI is InChI=1S/C7H10N4O2/c1-8-7(2-3-7)5-4-6(10-9-5)11(12)13/h4,8H,2-3H2,1H3,(H,9,10). The van der Waals surface area contributed by atoms with E-state index in [0.29, 0.717) is 0 Å². The maximum Gasteiger partial charge on any atom is 0.342 e. The van der Waals surface area contributed by atoms with Crippen molar-refractivity contribution in [3.63, 3.8) is 0 Å². The SMILES string of the molecule is CNC1(c2cc([N+](=O)[O-])[nH]n2)CC1. The van der Waals surface area contributed by atoms with Crippen molar-refractivity contribution in [1.82, 2.24) is 15.5 Å². The highest BCUT2D eigenvalue weighted by molar-refractivity contribution is 5.30. The van der Waals surface area contributed by atoms with Gasteiger partial charge in [-0.25, -0.2) is 0 Å². The minimum Gasteiger partial charge on any atom is -0.358 e. The summed E-state index contributed by atoms with van der Waals surface area (Å²) in [5.74, 6) is -0.0449. The van der Waals surface area contributed by atoms with Crippen LogP contribution in [0.2, 0.25) is 0 Å². The summed E-state index contributed by atoms with van der Waals surface area (Å²) >= 11 is 0. The van der Waals surface area contributed by atoms with E-state index in [4.69, 9.17) is 0 Å². The number of rotatable bonds is 3. The second-order valence-corrected chi connectivity index (χ2v) is 3.23. The molecule has 1 aromatic heterocycles. The van der Waals surface area contributed by atoms with Crippen molar-refractivity contribution in [2.75, 3.05) is 7.05 Å². The topological polar surface area (TPSA) is 83.9 Å². The third-order valence-corrected chi connectivity index (χ3v) is 2.48. The summed E-state index contributed by atoms with van der Waals surface area (Å²) in [6.45, 7) is 0. The van der Waals surface area contributed by atoms with Gasteiger partial charge in [0.05, 0.1) is 11.6 Å². The number of nitrogens with one attached hydrogen (secondary N) is 2. The molecule has 0 aliphatic heterocycles.